The van der Waals surface area contributed by atoms with Gasteiger partial charge >= 0.3 is 0 Å². The van der Waals surface area contributed by atoms with Crippen molar-refractivity contribution in [2.75, 3.05) is 0 Å². The Hall–Kier alpha value is -1.89. The van der Waals surface area contributed by atoms with Crippen LogP contribution in [0, 0.1) is 10.8 Å². The second-order valence-electron chi connectivity index (χ2n) is 8.34. The van der Waals surface area contributed by atoms with Crippen LogP contribution in [-0.2, 0) is 11.2 Å². The van der Waals surface area contributed by atoms with Crippen molar-refractivity contribution in [3.8, 4) is 0 Å². The lowest BCUT2D eigenvalue weighted by atomic mass is 9.72. The van der Waals surface area contributed by atoms with Gasteiger partial charge in [-0.15, -0.1) is 0 Å². The lowest BCUT2D eigenvalue weighted by Gasteiger charge is -2.31. The van der Waals surface area contributed by atoms with Gasteiger partial charge in [0.25, 0.3) is 0 Å². The maximum absolute atomic E-state index is 12.9. The highest BCUT2D eigenvalue weighted by Gasteiger charge is 2.33. The van der Waals surface area contributed by atoms with Gasteiger partial charge in [0, 0.05) is 11.1 Å². The van der Waals surface area contributed by atoms with E-state index >= 15 is 0 Å². The summed E-state index contributed by atoms with van der Waals surface area (Å²) >= 11 is 0. The van der Waals surface area contributed by atoms with Gasteiger partial charge in [0.1, 0.15) is 0 Å². The molecule has 1 aromatic rings. The fraction of sp³-hybridized carbons (Fsp3) is 0.409. The first kappa shape index (κ1) is 17.5. The molecule has 0 spiro atoms. The number of benzene rings is 1. The maximum Gasteiger partial charge on any atom is 0.186 e. The molecule has 0 bridgehead atoms. The molecule has 0 heterocycles. The predicted molar refractivity (Wildman–Crippen MR) is 98.3 cm³/mol. The minimum absolute atomic E-state index is 0.145. The molecule has 0 fully saturated rings. The summed E-state index contributed by atoms with van der Waals surface area (Å²) in [5, 5.41) is 0. The molecule has 122 valence electrons. The second-order valence-corrected chi connectivity index (χ2v) is 8.34. The van der Waals surface area contributed by atoms with E-state index in [1.54, 1.807) is 0 Å². The molecule has 0 aliphatic heterocycles. The second kappa shape index (κ2) is 6.31. The number of hydrogen-bond donors (Lipinski definition) is 0. The lowest BCUT2D eigenvalue weighted by Crippen LogP contribution is -2.27. The summed E-state index contributed by atoms with van der Waals surface area (Å²) in [6, 6.07) is 10.4. The van der Waals surface area contributed by atoms with Crippen molar-refractivity contribution in [1.29, 1.82) is 0 Å². The molecule has 1 heteroatoms. The normalized spacial score (nSPS) is 16.1. The van der Waals surface area contributed by atoms with E-state index in [1.165, 1.54) is 5.56 Å². The van der Waals surface area contributed by atoms with Crippen LogP contribution in [0.4, 0.5) is 0 Å². The van der Waals surface area contributed by atoms with E-state index < -0.39 is 0 Å². The van der Waals surface area contributed by atoms with Crippen molar-refractivity contribution >= 4 is 5.78 Å². The molecule has 1 aliphatic rings. The topological polar surface area (TPSA) is 17.1 Å². The van der Waals surface area contributed by atoms with Gasteiger partial charge in [-0.1, -0.05) is 78.0 Å². The number of Topliss-reactive ketones (excluding diaryl/α,β-unsaturated/α-hetero) is 1. The van der Waals surface area contributed by atoms with Crippen molar-refractivity contribution < 1.29 is 4.79 Å². The summed E-state index contributed by atoms with van der Waals surface area (Å²) in [5.74, 6) is 0.196. The fourth-order valence-electron chi connectivity index (χ4n) is 2.73. The van der Waals surface area contributed by atoms with Gasteiger partial charge in [0.2, 0.25) is 0 Å². The van der Waals surface area contributed by atoms with Gasteiger partial charge in [-0.2, -0.15) is 0 Å². The highest BCUT2D eigenvalue weighted by atomic mass is 16.1. The zero-order chi connectivity index (χ0) is 17.3. The molecule has 0 saturated heterocycles. The zero-order valence-electron chi connectivity index (χ0n) is 15.2. The van der Waals surface area contributed by atoms with E-state index in [9.17, 15) is 4.79 Å². The maximum atomic E-state index is 12.9. The van der Waals surface area contributed by atoms with Gasteiger partial charge in [0.15, 0.2) is 5.78 Å². The van der Waals surface area contributed by atoms with E-state index in [0.29, 0.717) is 0 Å². The van der Waals surface area contributed by atoms with Gasteiger partial charge < -0.3 is 0 Å². The van der Waals surface area contributed by atoms with Crippen LogP contribution in [0.25, 0.3) is 0 Å². The average molecular weight is 308 g/mol. The Kier molecular flexibility index (Phi) is 4.79. The fourth-order valence-corrected chi connectivity index (χ4v) is 2.73. The molecular weight excluding hydrogens is 280 g/mol. The summed E-state index contributed by atoms with van der Waals surface area (Å²) in [6.07, 6.45) is 7.24. The van der Waals surface area contributed by atoms with Crippen LogP contribution >= 0.6 is 0 Å². The Balaban J connectivity index is 2.41. The van der Waals surface area contributed by atoms with Crippen LogP contribution in [0.1, 0.15) is 47.1 Å². The summed E-state index contributed by atoms with van der Waals surface area (Å²) in [6.45, 7) is 12.6. The van der Waals surface area contributed by atoms with Crippen LogP contribution in [0.3, 0.4) is 0 Å². The molecular formula is C22H28O. The van der Waals surface area contributed by atoms with Gasteiger partial charge in [-0.3, -0.25) is 4.79 Å². The van der Waals surface area contributed by atoms with Gasteiger partial charge in [-0.25, -0.2) is 0 Å². The number of carbonyl (C=O) groups excluding carboxylic acids is 1. The minimum Gasteiger partial charge on any atom is -0.289 e. The molecule has 2 rings (SSSR count). The molecule has 0 saturated carbocycles. The summed E-state index contributed by atoms with van der Waals surface area (Å²) in [4.78, 5) is 12.9. The third-order valence-corrected chi connectivity index (χ3v) is 4.14. The van der Waals surface area contributed by atoms with E-state index in [2.05, 4.69) is 84.0 Å². The van der Waals surface area contributed by atoms with Crippen LogP contribution in [0.2, 0.25) is 0 Å². The Morgan fingerprint density at radius 1 is 0.826 bits per heavy atom. The Labute approximate surface area is 140 Å². The molecule has 0 N–H and O–H groups in total. The highest BCUT2D eigenvalue weighted by Crippen LogP contribution is 2.38. The summed E-state index contributed by atoms with van der Waals surface area (Å²) in [5.41, 5.74) is 3.95. The quantitative estimate of drug-likeness (QED) is 0.686. The molecule has 0 atom stereocenters. The van der Waals surface area contributed by atoms with Crippen molar-refractivity contribution in [3.05, 3.63) is 70.8 Å². The number of allylic oxidation sites excluding steroid dienone is 6. The third kappa shape index (κ3) is 4.31. The SMILES string of the molecule is CC(C)(C)C1=CC(=CCc2ccccc2)C=C(C(C)(C)C)C1=O. The van der Waals surface area contributed by atoms with Crippen molar-refractivity contribution in [1.82, 2.24) is 0 Å². The number of rotatable bonds is 2. The number of ketones is 1. The Bertz CT molecular complexity index is 635. The Morgan fingerprint density at radius 2 is 1.30 bits per heavy atom. The van der Waals surface area contributed by atoms with E-state index in [4.69, 9.17) is 0 Å². The van der Waals surface area contributed by atoms with Crippen molar-refractivity contribution in [3.63, 3.8) is 0 Å². The summed E-state index contributed by atoms with van der Waals surface area (Å²) < 4.78 is 0. The van der Waals surface area contributed by atoms with E-state index in [0.717, 1.165) is 23.1 Å². The highest BCUT2D eigenvalue weighted by molar-refractivity contribution is 6.11. The monoisotopic (exact) mass is 308 g/mol. The van der Waals surface area contributed by atoms with Gasteiger partial charge in [0.05, 0.1) is 0 Å². The zero-order valence-corrected chi connectivity index (χ0v) is 15.2. The predicted octanol–water partition coefficient (Wildman–Crippen LogP) is 5.68. The summed E-state index contributed by atoms with van der Waals surface area (Å²) in [7, 11) is 0. The van der Waals surface area contributed by atoms with Gasteiger partial charge in [-0.05, 0) is 40.5 Å². The molecule has 1 nitrogen and oxygen atoms in total. The molecule has 1 aliphatic carbocycles. The molecule has 0 aromatic heterocycles. The largest absolute Gasteiger partial charge is 0.289 e. The smallest absolute Gasteiger partial charge is 0.186 e. The van der Waals surface area contributed by atoms with Crippen LogP contribution in [-0.4, -0.2) is 5.78 Å². The van der Waals surface area contributed by atoms with Crippen molar-refractivity contribution in [2.45, 2.75) is 48.0 Å². The molecule has 0 amide bonds. The third-order valence-electron chi connectivity index (χ3n) is 4.14. The van der Waals surface area contributed by atoms with Crippen LogP contribution in [0.15, 0.2) is 65.3 Å². The van der Waals surface area contributed by atoms with Crippen molar-refractivity contribution in [2.24, 2.45) is 10.8 Å². The van der Waals surface area contributed by atoms with Crippen LogP contribution < -0.4 is 0 Å². The molecule has 0 radical (unpaired) electrons. The molecule has 0 unspecified atom stereocenters. The standard InChI is InChI=1S/C22H28O/c1-21(2,3)18-14-17(13-12-16-10-8-7-9-11-16)15-19(20(18)23)22(4,5)6/h7-11,13-15H,12H2,1-6H3. The molecule has 23 heavy (non-hydrogen) atoms. The molecule has 1 aromatic carbocycles. The average Bonchev–Trinajstić information content (AvgIpc) is 2.44. The first-order valence-electron chi connectivity index (χ1n) is 8.32. The first-order chi connectivity index (χ1) is 10.6. The first-order valence-corrected chi connectivity index (χ1v) is 8.32. The van der Waals surface area contributed by atoms with E-state index in [-0.39, 0.29) is 16.6 Å². The number of hydrogen-bond acceptors (Lipinski definition) is 1. The minimum atomic E-state index is -0.145. The van der Waals surface area contributed by atoms with E-state index in [1.807, 2.05) is 6.07 Å². The van der Waals surface area contributed by atoms with Crippen LogP contribution in [0.5, 0.6) is 0 Å². The Morgan fingerprint density at radius 3 is 1.74 bits per heavy atom. The number of carbonyl (C=O) groups is 1. The lowest BCUT2D eigenvalue weighted by molar-refractivity contribution is -0.114.